The summed E-state index contributed by atoms with van der Waals surface area (Å²) < 4.78 is 28.9. The zero-order valence-corrected chi connectivity index (χ0v) is 7.44. The average molecular weight is 173 g/mol. The molecule has 0 aliphatic carbocycles. The third-order valence-electron chi connectivity index (χ3n) is 0. The Morgan fingerprint density at radius 1 is 1.20 bits per heavy atom. The van der Waals surface area contributed by atoms with E-state index in [0.29, 0.717) is 0 Å². The zero-order chi connectivity index (χ0) is 9.00. The maximum atomic E-state index is 10.4. The smallest absolute Gasteiger partial charge is 0.333 e. The van der Waals surface area contributed by atoms with E-state index >= 15 is 0 Å². The molecule has 10 heavy (non-hydrogen) atoms. The quantitative estimate of drug-likeness (QED) is 0.396. The van der Waals surface area contributed by atoms with Gasteiger partial charge in [-0.3, -0.25) is 0 Å². The second-order valence-electron chi connectivity index (χ2n) is 3.16. The van der Waals surface area contributed by atoms with Crippen LogP contribution in [0.3, 0.4) is 0 Å². The highest BCUT2D eigenvalue weighted by molar-refractivity contribution is 7.83. The lowest BCUT2D eigenvalue weighted by molar-refractivity contribution is -0.849. The summed E-state index contributed by atoms with van der Waals surface area (Å²) >= 11 is 0. The summed E-state index contributed by atoms with van der Waals surface area (Å²) in [6.07, 6.45) is 0. The molecule has 0 aliphatic rings. The van der Waals surface area contributed by atoms with Crippen LogP contribution < -0.4 is 5.14 Å². The molecule has 4 nitrogen and oxygen atoms in total. The Morgan fingerprint density at radius 3 is 1.20 bits per heavy atom. The number of halogens is 1. The van der Waals surface area contributed by atoms with Crippen molar-refractivity contribution in [3.63, 3.8) is 0 Å². The van der Waals surface area contributed by atoms with Crippen LogP contribution in [0.15, 0.2) is 0 Å². The molecular formula is C4H14FN2O2S+. The molecule has 0 spiro atoms. The Kier molecular flexibility index (Phi) is 4.80. The van der Waals surface area contributed by atoms with Gasteiger partial charge >= 0.3 is 10.4 Å². The van der Waals surface area contributed by atoms with E-state index in [2.05, 4.69) is 33.3 Å². The van der Waals surface area contributed by atoms with Crippen molar-refractivity contribution in [2.24, 2.45) is 5.14 Å². The summed E-state index contributed by atoms with van der Waals surface area (Å²) in [4.78, 5) is 0. The van der Waals surface area contributed by atoms with Gasteiger partial charge in [-0.15, -0.1) is 0 Å². The van der Waals surface area contributed by atoms with Gasteiger partial charge in [0.15, 0.2) is 0 Å². The summed E-state index contributed by atoms with van der Waals surface area (Å²) in [5, 5.41) is 3.66. The summed E-state index contributed by atoms with van der Waals surface area (Å²) in [6, 6.07) is 0. The van der Waals surface area contributed by atoms with Crippen molar-refractivity contribution in [3.05, 3.63) is 0 Å². The van der Waals surface area contributed by atoms with E-state index in [9.17, 15) is 3.89 Å². The SMILES string of the molecule is C[N+](C)(C)C.NS(=O)(=O)F. The van der Waals surface area contributed by atoms with Crippen LogP contribution in [0.2, 0.25) is 0 Å². The molecule has 0 rings (SSSR count). The van der Waals surface area contributed by atoms with Crippen LogP contribution in [0.1, 0.15) is 0 Å². The summed E-state index contributed by atoms with van der Waals surface area (Å²) in [6.45, 7) is 0. The van der Waals surface area contributed by atoms with Gasteiger partial charge in [0.25, 0.3) is 0 Å². The minimum absolute atomic E-state index is 1.00. The minimum atomic E-state index is -4.67. The molecule has 0 fully saturated rings. The summed E-state index contributed by atoms with van der Waals surface area (Å²) in [5.41, 5.74) is 0. The van der Waals surface area contributed by atoms with Crippen LogP contribution in [0.25, 0.3) is 0 Å². The van der Waals surface area contributed by atoms with Gasteiger partial charge in [0.1, 0.15) is 0 Å². The number of rotatable bonds is 0. The Hall–Kier alpha value is -0.200. The van der Waals surface area contributed by atoms with Crippen LogP contribution in [0, 0.1) is 0 Å². The normalized spacial score (nSPS) is 11.8. The van der Waals surface area contributed by atoms with Crippen LogP contribution in [-0.2, 0) is 10.4 Å². The third kappa shape index (κ3) is 9020. The molecule has 0 aromatic heterocycles. The second-order valence-corrected chi connectivity index (χ2v) is 4.11. The topological polar surface area (TPSA) is 60.2 Å². The number of hydrogen-bond donors (Lipinski definition) is 1. The van der Waals surface area contributed by atoms with E-state index in [1.807, 2.05) is 0 Å². The van der Waals surface area contributed by atoms with E-state index in [0.717, 1.165) is 4.48 Å². The van der Waals surface area contributed by atoms with Crippen molar-refractivity contribution >= 4 is 10.4 Å². The number of nitrogens with zero attached hydrogens (tertiary/aromatic N) is 1. The van der Waals surface area contributed by atoms with Gasteiger partial charge in [-0.25, -0.2) is 5.14 Å². The molecule has 0 aromatic rings. The van der Waals surface area contributed by atoms with Crippen molar-refractivity contribution in [2.45, 2.75) is 0 Å². The highest BCUT2D eigenvalue weighted by Crippen LogP contribution is 1.73. The summed E-state index contributed by atoms with van der Waals surface area (Å²) in [7, 11) is 3.83. The van der Waals surface area contributed by atoms with Crippen LogP contribution in [0.5, 0.6) is 0 Å². The van der Waals surface area contributed by atoms with Gasteiger partial charge in [0.2, 0.25) is 0 Å². The van der Waals surface area contributed by atoms with Crippen LogP contribution >= 0.6 is 0 Å². The molecule has 6 heteroatoms. The summed E-state index contributed by atoms with van der Waals surface area (Å²) in [5.74, 6) is 0. The van der Waals surface area contributed by atoms with Crippen LogP contribution in [-0.4, -0.2) is 41.1 Å². The zero-order valence-electron chi connectivity index (χ0n) is 6.63. The fraction of sp³-hybridized carbons (Fsp3) is 1.00. The maximum absolute atomic E-state index is 10.4. The standard InChI is InChI=1S/C4H12N.FH2NO2S/c2*1-5(2,3)4/h1-4H3;(H2,2,3,4)/q+1;. The molecule has 64 valence electrons. The largest absolute Gasteiger partial charge is 0.369 e. The van der Waals surface area contributed by atoms with Crippen LogP contribution in [0.4, 0.5) is 3.89 Å². The molecule has 0 radical (unpaired) electrons. The lowest BCUT2D eigenvalue weighted by Crippen LogP contribution is -2.27. The first-order valence-corrected chi connectivity index (χ1v) is 3.96. The predicted molar refractivity (Wildman–Crippen MR) is 38.2 cm³/mol. The monoisotopic (exact) mass is 173 g/mol. The van der Waals surface area contributed by atoms with E-state index in [1.54, 1.807) is 0 Å². The third-order valence-corrected chi connectivity index (χ3v) is 0. The molecule has 0 atom stereocenters. The second kappa shape index (κ2) is 3.85. The molecule has 0 saturated carbocycles. The van der Waals surface area contributed by atoms with Crippen molar-refractivity contribution in [1.82, 2.24) is 0 Å². The van der Waals surface area contributed by atoms with Gasteiger partial charge in [0.05, 0.1) is 28.2 Å². The Labute approximate surface area is 61.4 Å². The van der Waals surface area contributed by atoms with E-state index < -0.39 is 10.4 Å². The molecule has 0 amide bonds. The Morgan fingerprint density at radius 2 is 1.20 bits per heavy atom. The number of nitrogens with two attached hydrogens (primary N) is 1. The van der Waals surface area contributed by atoms with Crippen molar-refractivity contribution in [1.29, 1.82) is 0 Å². The molecule has 0 heterocycles. The molecule has 0 aromatic carbocycles. The van der Waals surface area contributed by atoms with Gasteiger partial charge in [-0.05, 0) is 0 Å². The van der Waals surface area contributed by atoms with Crippen molar-refractivity contribution in [2.75, 3.05) is 28.2 Å². The first-order chi connectivity index (χ1) is 4.00. The lowest BCUT2D eigenvalue weighted by atomic mass is 10.8. The fourth-order valence-corrected chi connectivity index (χ4v) is 0. The molecule has 0 bridgehead atoms. The molecule has 2 N–H and O–H groups in total. The molecule has 0 aliphatic heterocycles. The molecule has 0 saturated heterocycles. The molecule has 0 unspecified atom stereocenters. The van der Waals surface area contributed by atoms with Gasteiger partial charge in [0, 0.05) is 0 Å². The van der Waals surface area contributed by atoms with E-state index in [-0.39, 0.29) is 0 Å². The van der Waals surface area contributed by atoms with E-state index in [4.69, 9.17) is 8.42 Å². The van der Waals surface area contributed by atoms with Gasteiger partial charge in [-0.1, -0.05) is 3.89 Å². The first-order valence-electron chi connectivity index (χ1n) is 2.51. The van der Waals surface area contributed by atoms with E-state index in [1.165, 1.54) is 0 Å². The molecular weight excluding hydrogens is 159 g/mol. The first kappa shape index (κ1) is 12.5. The van der Waals surface area contributed by atoms with Gasteiger partial charge in [-0.2, -0.15) is 8.42 Å². The minimum Gasteiger partial charge on any atom is -0.333 e. The number of quaternary nitrogens is 1. The average Bonchev–Trinajstić information content (AvgIpc) is 1.12. The van der Waals surface area contributed by atoms with Crippen molar-refractivity contribution in [3.8, 4) is 0 Å². The number of hydrogen-bond acceptors (Lipinski definition) is 2. The lowest BCUT2D eigenvalue weighted by Gasteiger charge is -2.14. The van der Waals surface area contributed by atoms with Gasteiger partial charge < -0.3 is 4.48 Å². The highest BCUT2D eigenvalue weighted by atomic mass is 32.3. The predicted octanol–water partition coefficient (Wildman–Crippen LogP) is -0.518. The Balaban J connectivity index is 0. The highest BCUT2D eigenvalue weighted by Gasteiger charge is 1.88. The fourth-order valence-electron chi connectivity index (χ4n) is 0. The van der Waals surface area contributed by atoms with Crippen molar-refractivity contribution < 1.29 is 16.8 Å². The maximum Gasteiger partial charge on any atom is 0.369 e. The Bertz CT molecular complexity index is 156.